The predicted molar refractivity (Wildman–Crippen MR) is 195 cm³/mol. The van der Waals surface area contributed by atoms with Gasteiger partial charge in [-0.3, -0.25) is 9.69 Å². The Balaban J connectivity index is 2.64. The normalized spacial score (nSPS) is 12.8. The van der Waals surface area contributed by atoms with Crippen molar-refractivity contribution in [2.24, 2.45) is 0 Å². The maximum absolute atomic E-state index is 12.8. The van der Waals surface area contributed by atoms with Crippen LogP contribution in [0.4, 0.5) is 0 Å². The molecule has 278 valence electrons. The van der Waals surface area contributed by atoms with Gasteiger partial charge in [-0.05, 0) is 77.4 Å². The molecule has 0 aliphatic rings. The molecule has 9 nitrogen and oxygen atoms in total. The Bertz CT molecular complexity index is 963. The first kappa shape index (κ1) is 43.8. The summed E-state index contributed by atoms with van der Waals surface area (Å²) in [5.74, 6) is -0.183. The first-order chi connectivity index (χ1) is 23.1. The Morgan fingerprint density at radius 2 is 1.31 bits per heavy atom. The van der Waals surface area contributed by atoms with E-state index in [-0.39, 0.29) is 12.4 Å². The number of methoxy groups -OCH3 is 1. The zero-order valence-corrected chi connectivity index (χ0v) is 31.4. The molecule has 0 heterocycles. The maximum Gasteiger partial charge on any atom is 0.338 e. The fourth-order valence-electron chi connectivity index (χ4n) is 5.90. The zero-order chi connectivity index (χ0) is 35.6. The molecule has 0 saturated carbocycles. The molecule has 0 fully saturated rings. The van der Waals surface area contributed by atoms with Crippen LogP contribution in [0.2, 0.25) is 0 Å². The number of hydrogen-bond acceptors (Lipinski definition) is 9. The Morgan fingerprint density at radius 3 is 1.85 bits per heavy atom. The van der Waals surface area contributed by atoms with Crippen LogP contribution in [0.15, 0.2) is 12.1 Å². The molecule has 9 heteroatoms. The van der Waals surface area contributed by atoms with Crippen molar-refractivity contribution in [2.45, 2.75) is 149 Å². The highest BCUT2D eigenvalue weighted by atomic mass is 16.6. The monoisotopic (exact) mass is 679 g/mol. The van der Waals surface area contributed by atoms with E-state index in [9.17, 15) is 19.8 Å². The molecule has 0 radical (unpaired) electrons. The van der Waals surface area contributed by atoms with Gasteiger partial charge in [0.2, 0.25) is 0 Å². The molecule has 0 spiro atoms. The molecule has 2 atom stereocenters. The largest absolute Gasteiger partial charge is 0.493 e. The molecule has 2 N–H and O–H groups in total. The van der Waals surface area contributed by atoms with Crippen molar-refractivity contribution in [1.29, 1.82) is 0 Å². The molecule has 0 bridgehead atoms. The lowest BCUT2D eigenvalue weighted by Crippen LogP contribution is -2.38. The summed E-state index contributed by atoms with van der Waals surface area (Å²) in [7, 11) is 5.42. The van der Waals surface area contributed by atoms with E-state index in [1.165, 1.54) is 58.5 Å². The summed E-state index contributed by atoms with van der Waals surface area (Å²) < 4.78 is 16.6. The van der Waals surface area contributed by atoms with Crippen LogP contribution in [0.25, 0.3) is 0 Å². The minimum Gasteiger partial charge on any atom is -0.493 e. The second-order valence-electron chi connectivity index (χ2n) is 13.7. The Hall–Kier alpha value is -2.20. The van der Waals surface area contributed by atoms with Gasteiger partial charge >= 0.3 is 11.9 Å². The van der Waals surface area contributed by atoms with Crippen molar-refractivity contribution in [3.63, 3.8) is 0 Å². The third-order valence-corrected chi connectivity index (χ3v) is 8.72. The number of unbranched alkanes of at least 4 members (excludes halogenated alkanes) is 11. The van der Waals surface area contributed by atoms with E-state index < -0.39 is 18.2 Å². The third-order valence-electron chi connectivity index (χ3n) is 8.72. The van der Waals surface area contributed by atoms with Crippen molar-refractivity contribution in [3.05, 3.63) is 23.3 Å². The van der Waals surface area contributed by atoms with Gasteiger partial charge in [-0.1, -0.05) is 90.9 Å². The Kier molecular flexibility index (Phi) is 25.2. The Morgan fingerprint density at radius 1 is 0.750 bits per heavy atom. The van der Waals surface area contributed by atoms with Gasteiger partial charge in [-0.25, -0.2) is 4.79 Å². The van der Waals surface area contributed by atoms with E-state index >= 15 is 0 Å². The fraction of sp³-hybridized carbons (Fsp3) is 0.795. The lowest BCUT2D eigenvalue weighted by atomic mass is 10.1. The summed E-state index contributed by atoms with van der Waals surface area (Å²) in [6.45, 7) is 9.13. The number of ether oxygens (including phenoxy) is 3. The minimum atomic E-state index is -0.438. The van der Waals surface area contributed by atoms with E-state index in [1.807, 2.05) is 19.0 Å². The molecule has 0 aliphatic heterocycles. The second-order valence-corrected chi connectivity index (χ2v) is 13.7. The molecule has 0 amide bonds. The number of esters is 2. The van der Waals surface area contributed by atoms with Crippen LogP contribution in [-0.4, -0.2) is 98.2 Å². The van der Waals surface area contributed by atoms with Crippen LogP contribution < -0.4 is 9.47 Å². The highest BCUT2D eigenvalue weighted by molar-refractivity contribution is 5.91. The lowest BCUT2D eigenvalue weighted by molar-refractivity contribution is -0.134. The topological polar surface area (TPSA) is 109 Å². The number of carbonyl (C=O) groups excluding carboxylic acids is 2. The molecule has 1 aromatic carbocycles. The molecular formula is C39H70N2O7. The molecule has 1 aromatic rings. The summed E-state index contributed by atoms with van der Waals surface area (Å²) in [4.78, 5) is 29.6. The van der Waals surface area contributed by atoms with E-state index in [4.69, 9.17) is 14.2 Å². The molecule has 48 heavy (non-hydrogen) atoms. The standard InChI is InChI=1S/C39H70N2O7/c1-7-9-11-13-15-17-22-34(42)30-41(31-35(43)23-18-16-14-12-10-8-2)26-20-19-24-37(44)48-38-32(3)28-33(29-36(38)46-6)39(45)47-27-21-25-40(4)5/h28-29,34-35,42-43H,7-27,30-31H2,1-6H3. The van der Waals surface area contributed by atoms with E-state index in [2.05, 4.69) is 18.7 Å². The molecule has 0 aromatic heterocycles. The molecule has 0 aliphatic carbocycles. The fourth-order valence-corrected chi connectivity index (χ4v) is 5.90. The van der Waals surface area contributed by atoms with Crippen LogP contribution in [0, 0.1) is 6.92 Å². The molecule has 1 rings (SSSR count). The average Bonchev–Trinajstić information content (AvgIpc) is 3.05. The second kappa shape index (κ2) is 27.6. The van der Waals surface area contributed by atoms with Crippen molar-refractivity contribution in [1.82, 2.24) is 9.80 Å². The number of benzene rings is 1. The van der Waals surface area contributed by atoms with Gasteiger partial charge < -0.3 is 29.3 Å². The van der Waals surface area contributed by atoms with Crippen LogP contribution in [0.5, 0.6) is 11.5 Å². The first-order valence-corrected chi connectivity index (χ1v) is 18.9. The Labute approximate surface area is 292 Å². The smallest absolute Gasteiger partial charge is 0.338 e. The third kappa shape index (κ3) is 21.0. The summed E-state index contributed by atoms with van der Waals surface area (Å²) in [6.07, 6.45) is 17.3. The van der Waals surface area contributed by atoms with E-state index in [0.29, 0.717) is 55.3 Å². The van der Waals surface area contributed by atoms with E-state index in [1.54, 1.807) is 19.1 Å². The van der Waals surface area contributed by atoms with Crippen LogP contribution in [0.1, 0.15) is 145 Å². The van der Waals surface area contributed by atoms with Gasteiger partial charge in [0.1, 0.15) is 0 Å². The number of aliphatic hydroxyl groups is 2. The van der Waals surface area contributed by atoms with Gasteiger partial charge in [0.15, 0.2) is 11.5 Å². The summed E-state index contributed by atoms with van der Waals surface area (Å²) >= 11 is 0. The number of aliphatic hydroxyl groups excluding tert-OH is 2. The first-order valence-electron chi connectivity index (χ1n) is 18.9. The number of carbonyl (C=O) groups is 2. The van der Waals surface area contributed by atoms with Gasteiger partial charge in [0.25, 0.3) is 0 Å². The molecule has 0 saturated heterocycles. The highest BCUT2D eigenvalue weighted by Gasteiger charge is 2.19. The summed E-state index contributed by atoms with van der Waals surface area (Å²) in [6, 6.07) is 3.21. The van der Waals surface area contributed by atoms with E-state index in [0.717, 1.165) is 57.9 Å². The summed E-state index contributed by atoms with van der Waals surface area (Å²) in [5, 5.41) is 21.6. The SMILES string of the molecule is CCCCCCCCC(O)CN(CCCCC(=O)Oc1c(C)cc(C(=O)OCCCN(C)C)cc1OC)CC(O)CCCCCCCC. The van der Waals surface area contributed by atoms with Crippen LogP contribution in [0.3, 0.4) is 0 Å². The number of rotatable bonds is 30. The van der Waals surface area contributed by atoms with Crippen LogP contribution >= 0.6 is 0 Å². The highest BCUT2D eigenvalue weighted by Crippen LogP contribution is 2.33. The quantitative estimate of drug-likeness (QED) is 0.0480. The van der Waals surface area contributed by atoms with Gasteiger partial charge in [-0.2, -0.15) is 0 Å². The van der Waals surface area contributed by atoms with Gasteiger partial charge in [0.05, 0.1) is 31.5 Å². The van der Waals surface area contributed by atoms with Crippen molar-refractivity contribution >= 4 is 11.9 Å². The molecule has 2 unspecified atom stereocenters. The maximum atomic E-state index is 12.8. The molecular weight excluding hydrogens is 608 g/mol. The summed E-state index contributed by atoms with van der Waals surface area (Å²) in [5.41, 5.74) is 0.972. The predicted octanol–water partition coefficient (Wildman–Crippen LogP) is 7.71. The zero-order valence-electron chi connectivity index (χ0n) is 31.4. The van der Waals surface area contributed by atoms with Crippen molar-refractivity contribution < 1.29 is 34.0 Å². The number of aryl methyl sites for hydroxylation is 1. The van der Waals surface area contributed by atoms with Gasteiger partial charge in [0, 0.05) is 26.1 Å². The number of hydrogen-bond donors (Lipinski definition) is 2. The van der Waals surface area contributed by atoms with Crippen molar-refractivity contribution in [3.8, 4) is 11.5 Å². The van der Waals surface area contributed by atoms with Crippen LogP contribution in [-0.2, 0) is 9.53 Å². The minimum absolute atomic E-state index is 0.229. The number of nitrogens with zero attached hydrogens (tertiary/aromatic N) is 2. The van der Waals surface area contributed by atoms with Gasteiger partial charge in [-0.15, -0.1) is 0 Å². The average molecular weight is 679 g/mol. The van der Waals surface area contributed by atoms with Crippen molar-refractivity contribution in [2.75, 3.05) is 54.0 Å². The lowest BCUT2D eigenvalue weighted by Gasteiger charge is -2.27.